The van der Waals surface area contributed by atoms with Crippen molar-refractivity contribution in [3.63, 3.8) is 0 Å². The summed E-state index contributed by atoms with van der Waals surface area (Å²) in [5.74, 6) is -0.536. The van der Waals surface area contributed by atoms with Gasteiger partial charge in [-0.3, -0.25) is 9.59 Å². The molecule has 0 aliphatic carbocycles. The summed E-state index contributed by atoms with van der Waals surface area (Å²) < 4.78 is 1.77. The first-order valence-corrected chi connectivity index (χ1v) is 9.31. The van der Waals surface area contributed by atoms with Crippen LogP contribution in [0.2, 0.25) is 0 Å². The van der Waals surface area contributed by atoms with Gasteiger partial charge in [-0.2, -0.15) is 5.10 Å². The van der Waals surface area contributed by atoms with Gasteiger partial charge in [-0.05, 0) is 31.0 Å². The summed E-state index contributed by atoms with van der Waals surface area (Å²) in [6, 6.07) is 17.6. The zero-order valence-electron chi connectivity index (χ0n) is 16.1. The summed E-state index contributed by atoms with van der Waals surface area (Å²) in [6.07, 6.45) is 2.20. The van der Waals surface area contributed by atoms with Gasteiger partial charge in [-0.1, -0.05) is 55.0 Å². The number of aryl methyl sites for hydroxylation is 1. The molecule has 0 aliphatic rings. The van der Waals surface area contributed by atoms with Crippen molar-refractivity contribution >= 4 is 11.8 Å². The average Bonchev–Trinajstić information content (AvgIpc) is 3.16. The van der Waals surface area contributed by atoms with Gasteiger partial charge in [0.25, 0.3) is 5.91 Å². The first-order chi connectivity index (χ1) is 13.6. The highest BCUT2D eigenvalue weighted by Crippen LogP contribution is 2.16. The lowest BCUT2D eigenvalue weighted by Gasteiger charge is -2.09. The van der Waals surface area contributed by atoms with Gasteiger partial charge in [0.1, 0.15) is 0 Å². The third-order valence-electron chi connectivity index (χ3n) is 4.47. The monoisotopic (exact) mass is 376 g/mol. The first-order valence-electron chi connectivity index (χ1n) is 9.31. The molecule has 0 spiro atoms. The standard InChI is InChI=1S/C22H24N4O2/c1-3-20-19(14-25-26(20)18-11-9-16(2)10-12-18)22(28)24-15-21(27)23-13-17-7-5-4-6-8-17/h4-12,14H,3,13,15H2,1-2H3,(H,23,27)(H,24,28). The van der Waals surface area contributed by atoms with E-state index < -0.39 is 0 Å². The van der Waals surface area contributed by atoms with Crippen molar-refractivity contribution in [2.45, 2.75) is 26.8 Å². The fraction of sp³-hybridized carbons (Fsp3) is 0.227. The summed E-state index contributed by atoms with van der Waals surface area (Å²) >= 11 is 0. The number of carbonyl (C=O) groups is 2. The molecule has 0 atom stereocenters. The molecule has 1 aromatic heterocycles. The van der Waals surface area contributed by atoms with Crippen LogP contribution >= 0.6 is 0 Å². The van der Waals surface area contributed by atoms with Crippen LogP contribution in [0, 0.1) is 6.92 Å². The maximum Gasteiger partial charge on any atom is 0.255 e. The maximum absolute atomic E-state index is 12.6. The second kappa shape index (κ2) is 8.99. The van der Waals surface area contributed by atoms with Crippen LogP contribution in [0.15, 0.2) is 60.8 Å². The van der Waals surface area contributed by atoms with Crippen molar-refractivity contribution in [1.29, 1.82) is 0 Å². The molecule has 0 unspecified atom stereocenters. The number of carbonyl (C=O) groups excluding carboxylic acids is 2. The van der Waals surface area contributed by atoms with Gasteiger partial charge in [-0.25, -0.2) is 4.68 Å². The predicted molar refractivity (Wildman–Crippen MR) is 108 cm³/mol. The molecule has 2 aromatic carbocycles. The lowest BCUT2D eigenvalue weighted by Crippen LogP contribution is -2.36. The highest BCUT2D eigenvalue weighted by atomic mass is 16.2. The molecule has 2 amide bonds. The average molecular weight is 376 g/mol. The van der Waals surface area contributed by atoms with Gasteiger partial charge in [0.15, 0.2) is 0 Å². The molecule has 0 saturated carbocycles. The van der Waals surface area contributed by atoms with E-state index in [-0.39, 0.29) is 18.4 Å². The Kier molecular flexibility index (Phi) is 6.22. The molecule has 1 heterocycles. The molecule has 0 aliphatic heterocycles. The van der Waals surface area contributed by atoms with E-state index in [0.717, 1.165) is 22.5 Å². The third-order valence-corrected chi connectivity index (χ3v) is 4.47. The highest BCUT2D eigenvalue weighted by molar-refractivity contribution is 5.97. The minimum Gasteiger partial charge on any atom is -0.350 e. The summed E-state index contributed by atoms with van der Waals surface area (Å²) in [5, 5.41) is 9.84. The Balaban J connectivity index is 1.61. The molecule has 144 valence electrons. The SMILES string of the molecule is CCc1c(C(=O)NCC(=O)NCc2ccccc2)cnn1-c1ccc(C)cc1. The van der Waals surface area contributed by atoms with Crippen LogP contribution in [0.25, 0.3) is 5.69 Å². The molecule has 6 heteroatoms. The van der Waals surface area contributed by atoms with Crippen LogP contribution in [0.5, 0.6) is 0 Å². The minimum absolute atomic E-state index is 0.0788. The van der Waals surface area contributed by atoms with E-state index in [4.69, 9.17) is 0 Å². The van der Waals surface area contributed by atoms with Gasteiger partial charge in [-0.15, -0.1) is 0 Å². The number of hydrogen-bond acceptors (Lipinski definition) is 3. The zero-order chi connectivity index (χ0) is 19.9. The largest absolute Gasteiger partial charge is 0.350 e. The van der Waals surface area contributed by atoms with Crippen LogP contribution in [0.4, 0.5) is 0 Å². The van der Waals surface area contributed by atoms with Gasteiger partial charge in [0.2, 0.25) is 5.91 Å². The van der Waals surface area contributed by atoms with Gasteiger partial charge in [0, 0.05) is 6.54 Å². The summed E-state index contributed by atoms with van der Waals surface area (Å²) in [7, 11) is 0. The van der Waals surface area contributed by atoms with Crippen molar-refractivity contribution in [2.24, 2.45) is 0 Å². The molecule has 0 saturated heterocycles. The number of nitrogens with one attached hydrogen (secondary N) is 2. The maximum atomic E-state index is 12.6. The van der Waals surface area contributed by atoms with Crippen molar-refractivity contribution in [3.8, 4) is 5.69 Å². The van der Waals surface area contributed by atoms with E-state index in [9.17, 15) is 9.59 Å². The van der Waals surface area contributed by atoms with Crippen LogP contribution < -0.4 is 10.6 Å². The first kappa shape index (κ1) is 19.4. The molecule has 0 bridgehead atoms. The molecule has 6 nitrogen and oxygen atoms in total. The van der Waals surface area contributed by atoms with Crippen LogP contribution in [0.1, 0.15) is 34.1 Å². The Hall–Kier alpha value is -3.41. The summed E-state index contributed by atoms with van der Waals surface area (Å²) in [5.41, 5.74) is 4.37. The molecule has 0 fully saturated rings. The number of hydrogen-bond donors (Lipinski definition) is 2. The van der Waals surface area contributed by atoms with Crippen molar-refractivity contribution < 1.29 is 9.59 Å². The Morgan fingerprint density at radius 1 is 1.00 bits per heavy atom. The predicted octanol–water partition coefficient (Wildman–Crippen LogP) is 2.79. The van der Waals surface area contributed by atoms with Crippen molar-refractivity contribution in [1.82, 2.24) is 20.4 Å². The Labute approximate surface area is 164 Å². The molecule has 2 N–H and O–H groups in total. The Morgan fingerprint density at radius 3 is 2.39 bits per heavy atom. The van der Waals surface area contributed by atoms with Crippen molar-refractivity contribution in [2.75, 3.05) is 6.54 Å². The van der Waals surface area contributed by atoms with Gasteiger partial charge < -0.3 is 10.6 Å². The van der Waals surface area contributed by atoms with Gasteiger partial charge >= 0.3 is 0 Å². The van der Waals surface area contributed by atoms with E-state index >= 15 is 0 Å². The van der Waals surface area contributed by atoms with Crippen molar-refractivity contribution in [3.05, 3.63) is 83.2 Å². The van der Waals surface area contributed by atoms with E-state index in [0.29, 0.717) is 18.5 Å². The van der Waals surface area contributed by atoms with Crippen LogP contribution in [-0.2, 0) is 17.8 Å². The van der Waals surface area contributed by atoms with Gasteiger partial charge in [0.05, 0.1) is 29.7 Å². The third kappa shape index (κ3) is 4.65. The molecule has 28 heavy (non-hydrogen) atoms. The Morgan fingerprint density at radius 2 is 1.71 bits per heavy atom. The van der Waals surface area contributed by atoms with Crippen LogP contribution in [0.3, 0.4) is 0 Å². The fourth-order valence-corrected chi connectivity index (χ4v) is 2.93. The van der Waals surface area contributed by atoms with E-state index in [1.54, 1.807) is 10.9 Å². The fourth-order valence-electron chi connectivity index (χ4n) is 2.93. The molecular weight excluding hydrogens is 352 g/mol. The second-order valence-corrected chi connectivity index (χ2v) is 6.55. The number of rotatable bonds is 7. The number of nitrogens with zero attached hydrogens (tertiary/aromatic N) is 2. The summed E-state index contributed by atoms with van der Waals surface area (Å²) in [6.45, 7) is 4.35. The van der Waals surface area contributed by atoms with Crippen LogP contribution in [-0.4, -0.2) is 28.1 Å². The van der Waals surface area contributed by atoms with E-state index in [2.05, 4.69) is 15.7 Å². The van der Waals surface area contributed by atoms with E-state index in [1.807, 2.05) is 68.4 Å². The van der Waals surface area contributed by atoms with E-state index in [1.165, 1.54) is 0 Å². The lowest BCUT2D eigenvalue weighted by molar-refractivity contribution is -0.120. The quantitative estimate of drug-likeness (QED) is 0.666. The number of amides is 2. The zero-order valence-corrected chi connectivity index (χ0v) is 16.1. The smallest absolute Gasteiger partial charge is 0.255 e. The topological polar surface area (TPSA) is 76.0 Å². The Bertz CT molecular complexity index is 946. The number of benzene rings is 2. The summed E-state index contributed by atoms with van der Waals surface area (Å²) in [4.78, 5) is 24.6. The second-order valence-electron chi connectivity index (χ2n) is 6.55. The highest BCUT2D eigenvalue weighted by Gasteiger charge is 2.17. The lowest BCUT2D eigenvalue weighted by atomic mass is 10.1. The minimum atomic E-state index is -0.301. The normalized spacial score (nSPS) is 10.5. The molecule has 3 rings (SSSR count). The molecule has 3 aromatic rings. The molecule has 0 radical (unpaired) electrons. The molecular formula is C22H24N4O2. The number of aromatic nitrogens is 2.